The number of ketones is 1. The molecule has 0 amide bonds. The van der Waals surface area contributed by atoms with Crippen molar-refractivity contribution in [2.45, 2.75) is 19.8 Å². The maximum Gasteiger partial charge on any atom is 0.130 e. The lowest BCUT2D eigenvalue weighted by Gasteiger charge is -2.05. The Morgan fingerprint density at radius 2 is 1.68 bits per heavy atom. The highest BCUT2D eigenvalue weighted by molar-refractivity contribution is 5.75. The summed E-state index contributed by atoms with van der Waals surface area (Å²) in [4.78, 5) is 11.0. The van der Waals surface area contributed by atoms with Crippen molar-refractivity contribution in [2.24, 2.45) is 0 Å². The monoisotopic (exact) mass is 260 g/mol. The maximum atomic E-state index is 13.2. The van der Waals surface area contributed by atoms with Crippen LogP contribution >= 0.6 is 0 Å². The zero-order valence-corrected chi connectivity index (χ0v) is 10.6. The average molecular weight is 260 g/mol. The molecule has 0 radical (unpaired) electrons. The van der Waals surface area contributed by atoms with Gasteiger partial charge < -0.3 is 4.79 Å². The molecule has 2 aromatic carbocycles. The normalized spacial score (nSPS) is 10.5. The van der Waals surface area contributed by atoms with Gasteiger partial charge in [-0.25, -0.2) is 8.78 Å². The number of Topliss-reactive ketones (excluding diaryl/α,β-unsaturated/α-hetero) is 1. The highest BCUT2D eigenvalue weighted by Crippen LogP contribution is 2.23. The van der Waals surface area contributed by atoms with Crippen LogP contribution < -0.4 is 0 Å². The standard InChI is InChI=1S/C16H14F2O/c1-11(19)5-6-12-3-2-4-13(7-12)14-8-15(17)10-16(18)9-14/h2-4,7-10H,5-6H2,1H3. The molecule has 0 unspecified atom stereocenters. The van der Waals surface area contributed by atoms with Gasteiger partial charge in [-0.2, -0.15) is 0 Å². The summed E-state index contributed by atoms with van der Waals surface area (Å²) in [5.74, 6) is -1.06. The number of aryl methyl sites for hydroxylation is 1. The van der Waals surface area contributed by atoms with E-state index in [2.05, 4.69) is 0 Å². The third-order valence-electron chi connectivity index (χ3n) is 2.89. The molecule has 0 heterocycles. The molecular weight excluding hydrogens is 246 g/mol. The smallest absolute Gasteiger partial charge is 0.130 e. The number of carbonyl (C=O) groups is 1. The van der Waals surface area contributed by atoms with Gasteiger partial charge >= 0.3 is 0 Å². The van der Waals surface area contributed by atoms with Gasteiger partial charge in [0.25, 0.3) is 0 Å². The van der Waals surface area contributed by atoms with Crippen molar-refractivity contribution in [3.05, 3.63) is 59.7 Å². The zero-order valence-electron chi connectivity index (χ0n) is 10.6. The van der Waals surface area contributed by atoms with Crippen molar-refractivity contribution in [3.63, 3.8) is 0 Å². The quantitative estimate of drug-likeness (QED) is 0.807. The van der Waals surface area contributed by atoms with E-state index in [1.165, 1.54) is 12.1 Å². The molecule has 2 rings (SSSR count). The minimum atomic E-state index is -0.593. The van der Waals surface area contributed by atoms with Crippen LogP contribution in [0.5, 0.6) is 0 Å². The van der Waals surface area contributed by atoms with Crippen LogP contribution in [0.1, 0.15) is 18.9 Å². The molecule has 0 fully saturated rings. The first-order chi connectivity index (χ1) is 9.04. The third-order valence-corrected chi connectivity index (χ3v) is 2.89. The Balaban J connectivity index is 2.29. The third kappa shape index (κ3) is 3.71. The summed E-state index contributed by atoms with van der Waals surface area (Å²) in [6, 6.07) is 10.8. The van der Waals surface area contributed by atoms with E-state index in [4.69, 9.17) is 0 Å². The number of hydrogen-bond donors (Lipinski definition) is 0. The van der Waals surface area contributed by atoms with Gasteiger partial charge in [-0.15, -0.1) is 0 Å². The molecule has 19 heavy (non-hydrogen) atoms. The zero-order chi connectivity index (χ0) is 13.8. The Labute approximate surface area is 110 Å². The Bertz CT molecular complexity index is 585. The van der Waals surface area contributed by atoms with E-state index in [9.17, 15) is 13.6 Å². The van der Waals surface area contributed by atoms with E-state index in [-0.39, 0.29) is 5.78 Å². The van der Waals surface area contributed by atoms with Crippen molar-refractivity contribution in [3.8, 4) is 11.1 Å². The molecule has 0 atom stereocenters. The van der Waals surface area contributed by atoms with Crippen LogP contribution in [0.25, 0.3) is 11.1 Å². The number of rotatable bonds is 4. The first-order valence-electron chi connectivity index (χ1n) is 6.09. The van der Waals surface area contributed by atoms with Crippen LogP contribution in [0.3, 0.4) is 0 Å². The predicted octanol–water partition coefficient (Wildman–Crippen LogP) is 4.15. The van der Waals surface area contributed by atoms with Gasteiger partial charge in [0, 0.05) is 12.5 Å². The minimum absolute atomic E-state index is 0.127. The van der Waals surface area contributed by atoms with Crippen LogP contribution in [-0.2, 0) is 11.2 Å². The SMILES string of the molecule is CC(=O)CCc1cccc(-c2cc(F)cc(F)c2)c1. The highest BCUT2D eigenvalue weighted by Gasteiger charge is 2.04. The molecule has 1 nitrogen and oxygen atoms in total. The second-order valence-electron chi connectivity index (χ2n) is 4.56. The number of carbonyl (C=O) groups excluding carboxylic acids is 1. The van der Waals surface area contributed by atoms with Crippen LogP contribution in [0.2, 0.25) is 0 Å². The Morgan fingerprint density at radius 1 is 1.00 bits per heavy atom. The lowest BCUT2D eigenvalue weighted by Crippen LogP contribution is -1.94. The van der Waals surface area contributed by atoms with Crippen LogP contribution in [-0.4, -0.2) is 5.78 Å². The van der Waals surface area contributed by atoms with Crippen molar-refractivity contribution >= 4 is 5.78 Å². The lowest BCUT2D eigenvalue weighted by atomic mass is 10.0. The topological polar surface area (TPSA) is 17.1 Å². The van der Waals surface area contributed by atoms with Crippen molar-refractivity contribution < 1.29 is 13.6 Å². The molecule has 0 spiro atoms. The molecule has 0 aromatic heterocycles. The Kier molecular flexibility index (Phi) is 4.05. The van der Waals surface area contributed by atoms with E-state index in [0.29, 0.717) is 18.4 Å². The minimum Gasteiger partial charge on any atom is -0.300 e. The molecule has 2 aromatic rings. The second kappa shape index (κ2) is 5.74. The Hall–Kier alpha value is -2.03. The molecule has 0 bridgehead atoms. The van der Waals surface area contributed by atoms with Gasteiger partial charge in [0.1, 0.15) is 17.4 Å². The number of halogens is 2. The van der Waals surface area contributed by atoms with Crippen molar-refractivity contribution in [1.29, 1.82) is 0 Å². The van der Waals surface area contributed by atoms with Crippen LogP contribution in [0.15, 0.2) is 42.5 Å². The highest BCUT2D eigenvalue weighted by atomic mass is 19.1. The summed E-state index contributed by atoms with van der Waals surface area (Å²) in [6.45, 7) is 1.55. The van der Waals surface area contributed by atoms with E-state index < -0.39 is 11.6 Å². The molecule has 0 aliphatic rings. The summed E-state index contributed by atoms with van der Waals surface area (Å²) in [5.41, 5.74) is 2.24. The van der Waals surface area contributed by atoms with Crippen LogP contribution in [0.4, 0.5) is 8.78 Å². The summed E-state index contributed by atoms with van der Waals surface area (Å²) < 4.78 is 26.4. The van der Waals surface area contributed by atoms with Gasteiger partial charge in [-0.05, 0) is 42.2 Å². The van der Waals surface area contributed by atoms with Gasteiger partial charge in [0.15, 0.2) is 0 Å². The van der Waals surface area contributed by atoms with E-state index in [1.807, 2.05) is 18.2 Å². The fourth-order valence-electron chi connectivity index (χ4n) is 1.95. The predicted molar refractivity (Wildman–Crippen MR) is 70.8 cm³/mol. The first-order valence-corrected chi connectivity index (χ1v) is 6.09. The number of benzene rings is 2. The fourth-order valence-corrected chi connectivity index (χ4v) is 1.95. The number of hydrogen-bond acceptors (Lipinski definition) is 1. The molecule has 0 aliphatic carbocycles. The molecule has 0 saturated heterocycles. The largest absolute Gasteiger partial charge is 0.300 e. The molecule has 98 valence electrons. The molecule has 3 heteroatoms. The summed E-state index contributed by atoms with van der Waals surface area (Å²) in [5, 5.41) is 0. The van der Waals surface area contributed by atoms with Crippen molar-refractivity contribution in [2.75, 3.05) is 0 Å². The fraction of sp³-hybridized carbons (Fsp3) is 0.188. The van der Waals surface area contributed by atoms with Gasteiger partial charge in [-0.1, -0.05) is 24.3 Å². The molecule has 0 N–H and O–H groups in total. The van der Waals surface area contributed by atoms with Gasteiger partial charge in [0.2, 0.25) is 0 Å². The van der Waals surface area contributed by atoms with Gasteiger partial charge in [-0.3, -0.25) is 0 Å². The lowest BCUT2D eigenvalue weighted by molar-refractivity contribution is -0.116. The van der Waals surface area contributed by atoms with E-state index in [1.54, 1.807) is 13.0 Å². The molecule has 0 aliphatic heterocycles. The Morgan fingerprint density at radius 3 is 2.32 bits per heavy atom. The first kappa shape index (κ1) is 13.4. The molecular formula is C16H14F2O. The van der Waals surface area contributed by atoms with E-state index >= 15 is 0 Å². The summed E-state index contributed by atoms with van der Waals surface area (Å²) >= 11 is 0. The summed E-state index contributed by atoms with van der Waals surface area (Å²) in [7, 11) is 0. The average Bonchev–Trinajstić information content (AvgIpc) is 2.35. The molecule has 0 saturated carbocycles. The maximum absolute atomic E-state index is 13.2. The van der Waals surface area contributed by atoms with Gasteiger partial charge in [0.05, 0.1) is 0 Å². The summed E-state index contributed by atoms with van der Waals surface area (Å²) in [6.07, 6.45) is 1.11. The van der Waals surface area contributed by atoms with E-state index in [0.717, 1.165) is 17.2 Å². The van der Waals surface area contributed by atoms with Crippen molar-refractivity contribution in [1.82, 2.24) is 0 Å². The van der Waals surface area contributed by atoms with Crippen LogP contribution in [0, 0.1) is 11.6 Å². The second-order valence-corrected chi connectivity index (χ2v) is 4.56.